The van der Waals surface area contributed by atoms with Crippen molar-refractivity contribution in [3.05, 3.63) is 45.9 Å². The molecule has 0 aliphatic carbocycles. The molecule has 29 heavy (non-hydrogen) atoms. The molecular weight excluding hydrogens is 534 g/mol. The topological polar surface area (TPSA) is 52.6 Å². The molecule has 1 saturated heterocycles. The molecule has 3 rings (SSSR count). The summed E-state index contributed by atoms with van der Waals surface area (Å²) in [6, 6.07) is 8.40. The van der Waals surface area contributed by atoms with Crippen molar-refractivity contribution in [2.75, 3.05) is 36.5 Å². The molecule has 0 atom stereocenters. The average Bonchev–Trinajstić information content (AvgIpc) is 3.19. The molecule has 1 aliphatic rings. The van der Waals surface area contributed by atoms with Crippen molar-refractivity contribution >= 4 is 58.7 Å². The predicted molar refractivity (Wildman–Crippen MR) is 126 cm³/mol. The minimum Gasteiger partial charge on any atom is -0.370 e. The van der Waals surface area contributed by atoms with Gasteiger partial charge in [-0.2, -0.15) is 24.9 Å². The van der Waals surface area contributed by atoms with E-state index in [1.54, 1.807) is 7.05 Å². The van der Waals surface area contributed by atoms with Gasteiger partial charge < -0.3 is 15.5 Å². The summed E-state index contributed by atoms with van der Waals surface area (Å²) in [5, 5.41) is 7.55. The molecule has 1 aromatic heterocycles. The Morgan fingerprint density at radius 2 is 1.79 bits per heavy atom. The highest BCUT2D eigenvalue weighted by Gasteiger charge is 2.33. The molecule has 1 aliphatic heterocycles. The van der Waals surface area contributed by atoms with Crippen LogP contribution in [0.3, 0.4) is 0 Å². The van der Waals surface area contributed by atoms with Gasteiger partial charge in [-0.3, -0.25) is 4.99 Å². The number of nitrogens with zero attached hydrogens (tertiary/aromatic N) is 3. The van der Waals surface area contributed by atoms with Crippen LogP contribution in [0.4, 0.5) is 18.9 Å². The highest BCUT2D eigenvalue weighted by Crippen LogP contribution is 2.29. The van der Waals surface area contributed by atoms with Crippen molar-refractivity contribution < 1.29 is 13.2 Å². The van der Waals surface area contributed by atoms with Gasteiger partial charge in [-0.05, 0) is 17.7 Å². The Morgan fingerprint density at radius 1 is 1.14 bits per heavy atom. The van der Waals surface area contributed by atoms with Crippen molar-refractivity contribution in [2.45, 2.75) is 19.3 Å². The zero-order valence-corrected chi connectivity index (χ0v) is 19.8. The van der Waals surface area contributed by atoms with Crippen molar-refractivity contribution in [1.82, 2.24) is 15.6 Å². The van der Waals surface area contributed by atoms with Crippen LogP contribution in [0, 0.1) is 0 Å². The third kappa shape index (κ3) is 7.21. The number of anilines is 1. The normalized spacial score (nSPS) is 15.0. The largest absolute Gasteiger partial charge is 0.434 e. The number of guanidine groups is 1. The number of rotatable bonds is 5. The van der Waals surface area contributed by atoms with Gasteiger partial charge in [0.25, 0.3) is 0 Å². The molecule has 1 fully saturated rings. The fraction of sp³-hybridized carbons (Fsp3) is 0.444. The van der Waals surface area contributed by atoms with Gasteiger partial charge in [0.15, 0.2) is 11.7 Å². The first-order valence-electron chi connectivity index (χ1n) is 8.83. The van der Waals surface area contributed by atoms with Crippen molar-refractivity contribution in [2.24, 2.45) is 4.99 Å². The highest BCUT2D eigenvalue weighted by atomic mass is 127. The van der Waals surface area contributed by atoms with E-state index in [0.717, 1.165) is 46.9 Å². The minimum atomic E-state index is -4.41. The van der Waals surface area contributed by atoms with Crippen LogP contribution in [0.1, 0.15) is 16.3 Å². The maximum Gasteiger partial charge on any atom is 0.434 e. The number of aromatic nitrogens is 1. The zero-order valence-electron chi connectivity index (χ0n) is 15.8. The minimum absolute atomic E-state index is 0. The molecule has 2 aromatic rings. The molecule has 160 valence electrons. The number of aliphatic imine (C=N–C) groups is 1. The van der Waals surface area contributed by atoms with Crippen LogP contribution in [-0.4, -0.2) is 42.6 Å². The second-order valence-corrected chi connectivity index (χ2v) is 8.34. The highest BCUT2D eigenvalue weighted by molar-refractivity contribution is 14.0. The van der Waals surface area contributed by atoms with Crippen LogP contribution in [0.5, 0.6) is 0 Å². The van der Waals surface area contributed by atoms with Crippen LogP contribution in [0.15, 0.2) is 34.6 Å². The summed E-state index contributed by atoms with van der Waals surface area (Å²) in [5.74, 6) is 2.84. The van der Waals surface area contributed by atoms with Gasteiger partial charge in [0.2, 0.25) is 0 Å². The Bertz CT molecular complexity index is 790. The van der Waals surface area contributed by atoms with Gasteiger partial charge >= 0.3 is 6.18 Å². The number of halogens is 4. The molecule has 1 aromatic carbocycles. The van der Waals surface area contributed by atoms with Crippen molar-refractivity contribution in [3.63, 3.8) is 0 Å². The van der Waals surface area contributed by atoms with E-state index in [4.69, 9.17) is 0 Å². The molecule has 0 bridgehead atoms. The number of nitrogens with one attached hydrogen (secondary N) is 2. The fourth-order valence-corrected chi connectivity index (χ4v) is 4.38. The fourth-order valence-electron chi connectivity index (χ4n) is 2.73. The van der Waals surface area contributed by atoms with Crippen molar-refractivity contribution in [3.8, 4) is 0 Å². The van der Waals surface area contributed by atoms with Crippen LogP contribution in [-0.2, 0) is 19.3 Å². The molecule has 2 heterocycles. The summed E-state index contributed by atoms with van der Waals surface area (Å²) in [6.45, 7) is 2.91. The number of benzene rings is 1. The maximum absolute atomic E-state index is 12.6. The molecule has 0 spiro atoms. The molecule has 5 nitrogen and oxygen atoms in total. The first kappa shape index (κ1) is 24.1. The van der Waals surface area contributed by atoms with Gasteiger partial charge in [0, 0.05) is 49.3 Å². The van der Waals surface area contributed by atoms with E-state index in [2.05, 4.69) is 49.8 Å². The van der Waals surface area contributed by atoms with E-state index in [1.165, 1.54) is 5.69 Å². The van der Waals surface area contributed by atoms with Crippen LogP contribution >= 0.6 is 47.1 Å². The SMILES string of the molecule is CN=C(NCc1ccc(N2CCSCC2)cc1)NCc1nc(C(F)(F)F)cs1.I. The lowest BCUT2D eigenvalue weighted by atomic mass is 10.2. The summed E-state index contributed by atoms with van der Waals surface area (Å²) < 4.78 is 37.8. The predicted octanol–water partition coefficient (Wildman–Crippen LogP) is 4.20. The van der Waals surface area contributed by atoms with E-state index in [0.29, 0.717) is 17.5 Å². The Kier molecular flexibility index (Phi) is 9.34. The van der Waals surface area contributed by atoms with E-state index in [9.17, 15) is 13.2 Å². The summed E-state index contributed by atoms with van der Waals surface area (Å²) in [7, 11) is 1.62. The summed E-state index contributed by atoms with van der Waals surface area (Å²) in [6.07, 6.45) is -4.41. The Morgan fingerprint density at radius 3 is 2.38 bits per heavy atom. The van der Waals surface area contributed by atoms with E-state index >= 15 is 0 Å². The lowest BCUT2D eigenvalue weighted by Crippen LogP contribution is -2.36. The Labute approximate surface area is 193 Å². The lowest BCUT2D eigenvalue weighted by molar-refractivity contribution is -0.140. The molecular formula is C18H23F3IN5S2. The molecule has 11 heteroatoms. The van der Waals surface area contributed by atoms with Gasteiger partial charge in [0.1, 0.15) is 5.01 Å². The summed E-state index contributed by atoms with van der Waals surface area (Å²) in [5.41, 5.74) is 1.48. The number of thiazole rings is 1. The quantitative estimate of drug-likeness (QED) is 0.328. The number of hydrogen-bond donors (Lipinski definition) is 2. The third-order valence-corrected chi connectivity index (χ3v) is 6.04. The number of thioether (sulfide) groups is 1. The number of hydrogen-bond acceptors (Lipinski definition) is 5. The van der Waals surface area contributed by atoms with Gasteiger partial charge in [0.05, 0.1) is 6.54 Å². The zero-order chi connectivity index (χ0) is 20.0. The average molecular weight is 557 g/mol. The maximum atomic E-state index is 12.6. The number of alkyl halides is 3. The van der Waals surface area contributed by atoms with Crippen LogP contribution < -0.4 is 15.5 Å². The summed E-state index contributed by atoms with van der Waals surface area (Å²) >= 11 is 2.96. The first-order valence-corrected chi connectivity index (χ1v) is 10.9. The van der Waals surface area contributed by atoms with Gasteiger partial charge in [-0.1, -0.05) is 12.1 Å². The molecule has 0 amide bonds. The molecule has 0 radical (unpaired) electrons. The Balaban J connectivity index is 0.00000300. The Hall–Kier alpha value is -1.21. The van der Waals surface area contributed by atoms with E-state index in [-0.39, 0.29) is 30.5 Å². The van der Waals surface area contributed by atoms with E-state index < -0.39 is 11.9 Å². The van der Waals surface area contributed by atoms with Crippen LogP contribution in [0.25, 0.3) is 0 Å². The smallest absolute Gasteiger partial charge is 0.370 e. The van der Waals surface area contributed by atoms with Crippen molar-refractivity contribution in [1.29, 1.82) is 0 Å². The standard InChI is InChI=1S/C18H22F3N5S2.HI/c1-22-17(24-11-16-25-15(12-28-16)18(19,20)21)23-10-13-2-4-14(5-3-13)26-6-8-27-9-7-26;/h2-5,12H,6-11H2,1H3,(H2,22,23,24);1H. The van der Waals surface area contributed by atoms with Crippen LogP contribution in [0.2, 0.25) is 0 Å². The second-order valence-electron chi connectivity index (χ2n) is 6.17. The molecule has 0 saturated carbocycles. The first-order chi connectivity index (χ1) is 13.5. The van der Waals surface area contributed by atoms with E-state index in [1.807, 2.05) is 11.8 Å². The third-order valence-electron chi connectivity index (χ3n) is 4.25. The van der Waals surface area contributed by atoms with Gasteiger partial charge in [-0.25, -0.2) is 4.98 Å². The molecule has 0 unspecified atom stereocenters. The monoisotopic (exact) mass is 557 g/mol. The lowest BCUT2D eigenvalue weighted by Gasteiger charge is -2.28. The van der Waals surface area contributed by atoms with Gasteiger partial charge in [-0.15, -0.1) is 35.3 Å². The second kappa shape index (κ2) is 11.3. The molecule has 2 N–H and O–H groups in total. The summed E-state index contributed by atoms with van der Waals surface area (Å²) in [4.78, 5) is 10.1.